The Labute approximate surface area is 185 Å². The van der Waals surface area contributed by atoms with Gasteiger partial charge < -0.3 is 5.32 Å². The molecule has 0 radical (unpaired) electrons. The molecule has 0 aliphatic carbocycles. The third kappa shape index (κ3) is 4.94. The fourth-order valence-electron chi connectivity index (χ4n) is 3.00. The molecule has 1 amide bonds. The Morgan fingerprint density at radius 3 is 2.69 bits per heavy atom. The van der Waals surface area contributed by atoms with Crippen LogP contribution in [0.25, 0.3) is 0 Å². The van der Waals surface area contributed by atoms with Crippen molar-refractivity contribution in [3.63, 3.8) is 0 Å². The number of nitrogens with one attached hydrogen (secondary N) is 1. The van der Waals surface area contributed by atoms with Crippen LogP contribution in [-0.4, -0.2) is 27.0 Å². The highest BCUT2D eigenvalue weighted by atomic mass is 79.9. The first-order valence-electron chi connectivity index (χ1n) is 9.09. The van der Waals surface area contributed by atoms with E-state index in [0.717, 1.165) is 38.5 Å². The average molecular weight is 488 g/mol. The quantitative estimate of drug-likeness (QED) is 0.411. The fourth-order valence-corrected chi connectivity index (χ4v) is 5.12. The summed E-state index contributed by atoms with van der Waals surface area (Å²) < 4.78 is 2.64. The van der Waals surface area contributed by atoms with Gasteiger partial charge in [-0.2, -0.15) is 0 Å². The number of halogens is 1. The van der Waals surface area contributed by atoms with Crippen molar-refractivity contribution in [3.05, 3.63) is 80.7 Å². The Morgan fingerprint density at radius 1 is 1.17 bits per heavy atom. The van der Waals surface area contributed by atoms with Gasteiger partial charge in [-0.25, -0.2) is 4.98 Å². The molecule has 1 aliphatic rings. The normalized spacial score (nSPS) is 12.6. The number of hydrogen-bond donors (Lipinski definition) is 1. The summed E-state index contributed by atoms with van der Waals surface area (Å²) in [5, 5.41) is 3.46. The predicted octanol–water partition coefficient (Wildman–Crippen LogP) is 4.43. The number of nitrogens with zero attached hydrogens (tertiary/aromatic N) is 2. The number of thioether (sulfide) groups is 2. The molecule has 8 heteroatoms. The summed E-state index contributed by atoms with van der Waals surface area (Å²) in [6.45, 7) is 0.442. The Bertz CT molecular complexity index is 1090. The lowest BCUT2D eigenvalue weighted by Crippen LogP contribution is -2.26. The van der Waals surface area contributed by atoms with Crippen LogP contribution in [0.2, 0.25) is 0 Å². The van der Waals surface area contributed by atoms with Crippen molar-refractivity contribution in [2.45, 2.75) is 23.0 Å². The highest BCUT2D eigenvalue weighted by Gasteiger charge is 2.22. The molecule has 1 N–H and O–H groups in total. The summed E-state index contributed by atoms with van der Waals surface area (Å²) in [4.78, 5) is 30.9. The van der Waals surface area contributed by atoms with Crippen molar-refractivity contribution >= 4 is 51.0 Å². The molecule has 0 saturated heterocycles. The smallest absolute Gasteiger partial charge is 0.268 e. The lowest BCUT2D eigenvalue weighted by Gasteiger charge is -2.14. The van der Waals surface area contributed by atoms with E-state index in [1.165, 1.54) is 11.8 Å². The minimum absolute atomic E-state index is 0.0165. The van der Waals surface area contributed by atoms with Crippen LogP contribution in [-0.2, 0) is 17.8 Å². The van der Waals surface area contributed by atoms with Crippen molar-refractivity contribution in [2.24, 2.45) is 0 Å². The number of hydrogen-bond acceptors (Lipinski definition) is 5. The van der Waals surface area contributed by atoms with E-state index < -0.39 is 0 Å². The van der Waals surface area contributed by atoms with Gasteiger partial charge in [0.2, 0.25) is 5.91 Å². The van der Waals surface area contributed by atoms with Gasteiger partial charge in [-0.3, -0.25) is 14.2 Å². The van der Waals surface area contributed by atoms with Gasteiger partial charge in [-0.15, -0.1) is 11.8 Å². The zero-order chi connectivity index (χ0) is 20.2. The van der Waals surface area contributed by atoms with Crippen LogP contribution < -0.4 is 10.9 Å². The molecule has 4 rings (SSSR count). The lowest BCUT2D eigenvalue weighted by molar-refractivity contribution is -0.113. The third-order valence-corrected chi connectivity index (χ3v) is 7.00. The van der Waals surface area contributed by atoms with Crippen LogP contribution in [0.4, 0.5) is 5.69 Å². The molecular weight excluding hydrogens is 470 g/mol. The van der Waals surface area contributed by atoms with E-state index in [9.17, 15) is 9.59 Å². The van der Waals surface area contributed by atoms with E-state index in [0.29, 0.717) is 11.7 Å². The summed E-state index contributed by atoms with van der Waals surface area (Å²) in [6.07, 6.45) is 0.792. The maximum Gasteiger partial charge on any atom is 0.268 e. The Balaban J connectivity index is 1.54. The molecule has 2 heterocycles. The van der Waals surface area contributed by atoms with Crippen molar-refractivity contribution in [1.29, 1.82) is 0 Å². The van der Waals surface area contributed by atoms with Gasteiger partial charge in [0.05, 0.1) is 22.9 Å². The molecule has 0 bridgehead atoms. The highest BCUT2D eigenvalue weighted by molar-refractivity contribution is 9.10. The molecule has 1 aliphatic heterocycles. The van der Waals surface area contributed by atoms with Gasteiger partial charge in [-0.1, -0.05) is 58.0 Å². The number of rotatable bonds is 6. The molecule has 148 valence electrons. The van der Waals surface area contributed by atoms with Gasteiger partial charge >= 0.3 is 0 Å². The fraction of sp³-hybridized carbons (Fsp3) is 0.190. The summed E-state index contributed by atoms with van der Waals surface area (Å²) in [5.41, 5.74) is 2.59. The first-order valence-corrected chi connectivity index (χ1v) is 11.9. The van der Waals surface area contributed by atoms with Gasteiger partial charge in [-0.05, 0) is 29.8 Å². The number of aryl methyl sites for hydroxylation is 1. The van der Waals surface area contributed by atoms with Crippen LogP contribution in [0, 0.1) is 0 Å². The van der Waals surface area contributed by atoms with Crippen molar-refractivity contribution < 1.29 is 4.79 Å². The van der Waals surface area contributed by atoms with Crippen LogP contribution in [0.5, 0.6) is 0 Å². The second kappa shape index (κ2) is 9.19. The maximum absolute atomic E-state index is 13.0. The zero-order valence-electron chi connectivity index (χ0n) is 15.4. The Morgan fingerprint density at radius 2 is 1.93 bits per heavy atom. The van der Waals surface area contributed by atoms with Crippen molar-refractivity contribution in [2.75, 3.05) is 16.8 Å². The molecule has 29 heavy (non-hydrogen) atoms. The zero-order valence-corrected chi connectivity index (χ0v) is 18.6. The summed E-state index contributed by atoms with van der Waals surface area (Å²) in [7, 11) is 0. The van der Waals surface area contributed by atoms with Crippen LogP contribution in [0.3, 0.4) is 0 Å². The number of anilines is 1. The highest BCUT2D eigenvalue weighted by Crippen LogP contribution is 2.29. The number of fused-ring (bicyclic) bond motifs is 1. The lowest BCUT2D eigenvalue weighted by atomic mass is 10.2. The summed E-state index contributed by atoms with van der Waals surface area (Å²) >= 11 is 6.25. The van der Waals surface area contributed by atoms with Gasteiger partial charge in [0, 0.05) is 22.3 Å². The van der Waals surface area contributed by atoms with E-state index in [1.54, 1.807) is 16.3 Å². The number of aromatic nitrogens is 2. The number of carbonyl (C=O) groups is 1. The number of amides is 1. The predicted molar refractivity (Wildman–Crippen MR) is 122 cm³/mol. The summed E-state index contributed by atoms with van der Waals surface area (Å²) in [6, 6.07) is 17.3. The molecule has 0 unspecified atom stereocenters. The topological polar surface area (TPSA) is 64.0 Å². The molecule has 3 aromatic rings. The van der Waals surface area contributed by atoms with E-state index in [-0.39, 0.29) is 17.2 Å². The third-order valence-electron chi connectivity index (χ3n) is 4.39. The summed E-state index contributed by atoms with van der Waals surface area (Å²) in [5.74, 6) is 0.928. The van der Waals surface area contributed by atoms with Gasteiger partial charge in [0.1, 0.15) is 0 Å². The minimum atomic E-state index is -0.132. The van der Waals surface area contributed by atoms with Gasteiger partial charge in [0.15, 0.2) is 5.16 Å². The maximum atomic E-state index is 13.0. The van der Waals surface area contributed by atoms with E-state index in [2.05, 4.69) is 21.2 Å². The van der Waals surface area contributed by atoms with Crippen molar-refractivity contribution in [1.82, 2.24) is 9.55 Å². The van der Waals surface area contributed by atoms with Crippen molar-refractivity contribution in [3.8, 4) is 0 Å². The average Bonchev–Trinajstić information content (AvgIpc) is 3.20. The molecule has 0 spiro atoms. The van der Waals surface area contributed by atoms with E-state index >= 15 is 0 Å². The number of benzene rings is 2. The molecule has 1 aromatic heterocycles. The Kier molecular flexibility index (Phi) is 6.42. The first kappa shape index (κ1) is 20.3. The molecular formula is C21H18BrN3O2S2. The second-order valence-electron chi connectivity index (χ2n) is 6.49. The first-order chi connectivity index (χ1) is 14.1. The monoisotopic (exact) mass is 487 g/mol. The molecule has 2 aromatic carbocycles. The molecule has 0 atom stereocenters. The second-order valence-corrected chi connectivity index (χ2v) is 9.45. The molecule has 5 nitrogen and oxygen atoms in total. The minimum Gasteiger partial charge on any atom is -0.325 e. The Hall–Kier alpha value is -2.03. The SMILES string of the molecule is O=C(CSc1nc2c(c(=O)n1Cc1ccccc1)SCC2)Nc1ccc(Br)cc1. The van der Waals surface area contributed by atoms with Crippen LogP contribution in [0.15, 0.2) is 73.9 Å². The molecule has 0 fully saturated rings. The number of carbonyl (C=O) groups excluding carboxylic acids is 1. The standard InChI is InChI=1S/C21H18BrN3O2S2/c22-15-6-8-16(9-7-15)23-18(26)13-29-21-24-17-10-11-28-19(17)20(27)25(21)12-14-4-2-1-3-5-14/h1-9H,10-13H2,(H,23,26). The van der Waals surface area contributed by atoms with E-state index in [1.807, 2.05) is 54.6 Å². The molecule has 0 saturated carbocycles. The van der Waals surface area contributed by atoms with E-state index in [4.69, 9.17) is 4.98 Å². The van der Waals surface area contributed by atoms with Gasteiger partial charge in [0.25, 0.3) is 5.56 Å². The van der Waals surface area contributed by atoms with Crippen LogP contribution in [0.1, 0.15) is 11.3 Å². The largest absolute Gasteiger partial charge is 0.325 e. The van der Waals surface area contributed by atoms with Crippen LogP contribution >= 0.6 is 39.5 Å².